The van der Waals surface area contributed by atoms with Crippen LogP contribution >= 0.6 is 0 Å². The van der Waals surface area contributed by atoms with Crippen LogP contribution in [0.1, 0.15) is 19.3 Å². The molecule has 2 saturated carbocycles. The zero-order valence-electron chi connectivity index (χ0n) is 9.21. The number of nitrogens with one attached hydrogen (secondary N) is 3. The van der Waals surface area contributed by atoms with Gasteiger partial charge in [-0.15, -0.1) is 0 Å². The summed E-state index contributed by atoms with van der Waals surface area (Å²) in [6.07, 6.45) is 1.11. The fourth-order valence-electron chi connectivity index (χ4n) is 3.07. The summed E-state index contributed by atoms with van der Waals surface area (Å²) in [5.74, 6) is 1.26. The molecular formula is C11H18FN3O. The summed E-state index contributed by atoms with van der Waals surface area (Å²) in [6.45, 7) is 2.04. The van der Waals surface area contributed by atoms with Gasteiger partial charge < -0.3 is 16.0 Å². The van der Waals surface area contributed by atoms with Gasteiger partial charge >= 0.3 is 6.03 Å². The van der Waals surface area contributed by atoms with E-state index in [1.165, 1.54) is 0 Å². The Bertz CT molecular complexity index is 283. The Kier molecular flexibility index (Phi) is 2.50. The van der Waals surface area contributed by atoms with Crippen molar-refractivity contribution < 1.29 is 9.18 Å². The second-order valence-corrected chi connectivity index (χ2v) is 5.24. The summed E-state index contributed by atoms with van der Waals surface area (Å²) in [7, 11) is 0. The number of fused-ring (bicyclic) bond motifs is 1. The molecule has 0 spiro atoms. The van der Waals surface area contributed by atoms with Crippen LogP contribution in [-0.2, 0) is 0 Å². The SMILES string of the molecule is O=C(NC1CCC(F)C1)NC1[C@H]2CNC[C@@H]12. The number of carbonyl (C=O) groups excluding carboxylic acids is 1. The molecule has 4 nitrogen and oxygen atoms in total. The van der Waals surface area contributed by atoms with Crippen LogP contribution in [0.5, 0.6) is 0 Å². The zero-order chi connectivity index (χ0) is 11.1. The number of alkyl halides is 1. The molecule has 16 heavy (non-hydrogen) atoms. The van der Waals surface area contributed by atoms with E-state index in [2.05, 4.69) is 16.0 Å². The lowest BCUT2D eigenvalue weighted by Crippen LogP contribution is -2.44. The average molecular weight is 227 g/mol. The summed E-state index contributed by atoms with van der Waals surface area (Å²) in [6, 6.07) is 0.272. The van der Waals surface area contributed by atoms with Crippen molar-refractivity contribution in [1.29, 1.82) is 0 Å². The highest BCUT2D eigenvalue weighted by molar-refractivity contribution is 5.75. The third-order valence-electron chi connectivity index (χ3n) is 4.09. The Morgan fingerprint density at radius 2 is 1.94 bits per heavy atom. The van der Waals surface area contributed by atoms with Crippen LogP contribution in [0.15, 0.2) is 0 Å². The predicted molar refractivity (Wildman–Crippen MR) is 57.8 cm³/mol. The van der Waals surface area contributed by atoms with Crippen molar-refractivity contribution in [2.75, 3.05) is 13.1 Å². The number of carbonyl (C=O) groups is 1. The maximum atomic E-state index is 12.9. The first-order valence-corrected chi connectivity index (χ1v) is 6.16. The van der Waals surface area contributed by atoms with Gasteiger partial charge in [-0.1, -0.05) is 0 Å². The van der Waals surface area contributed by atoms with Gasteiger partial charge in [-0.25, -0.2) is 9.18 Å². The normalized spacial score (nSPS) is 45.2. The van der Waals surface area contributed by atoms with E-state index >= 15 is 0 Å². The zero-order valence-corrected chi connectivity index (χ0v) is 9.21. The molecule has 5 heteroatoms. The van der Waals surface area contributed by atoms with Crippen molar-refractivity contribution in [3.8, 4) is 0 Å². The first-order valence-electron chi connectivity index (χ1n) is 6.16. The van der Waals surface area contributed by atoms with Crippen LogP contribution in [-0.4, -0.2) is 37.4 Å². The van der Waals surface area contributed by atoms with Crippen molar-refractivity contribution in [3.63, 3.8) is 0 Å². The molecule has 3 fully saturated rings. The predicted octanol–water partition coefficient (Wildman–Crippen LogP) is 0.394. The fourth-order valence-corrected chi connectivity index (χ4v) is 3.07. The molecule has 1 aliphatic heterocycles. The lowest BCUT2D eigenvalue weighted by atomic mass is 10.2. The summed E-state index contributed by atoms with van der Waals surface area (Å²) in [4.78, 5) is 11.6. The highest BCUT2D eigenvalue weighted by Gasteiger charge is 2.53. The minimum absolute atomic E-state index is 0.0340. The van der Waals surface area contributed by atoms with Crippen LogP contribution in [0.2, 0.25) is 0 Å². The van der Waals surface area contributed by atoms with Gasteiger partial charge in [0.05, 0.1) is 0 Å². The van der Waals surface area contributed by atoms with Gasteiger partial charge in [0.1, 0.15) is 6.17 Å². The van der Waals surface area contributed by atoms with E-state index < -0.39 is 6.17 Å². The molecule has 90 valence electrons. The Hall–Kier alpha value is -0.840. The van der Waals surface area contributed by atoms with E-state index in [4.69, 9.17) is 0 Å². The van der Waals surface area contributed by atoms with Gasteiger partial charge in [0, 0.05) is 25.2 Å². The topological polar surface area (TPSA) is 53.2 Å². The Morgan fingerprint density at radius 3 is 2.56 bits per heavy atom. The Morgan fingerprint density at radius 1 is 1.19 bits per heavy atom. The summed E-state index contributed by atoms with van der Waals surface area (Å²) in [5, 5.41) is 9.13. The number of amides is 2. The van der Waals surface area contributed by atoms with Gasteiger partial charge in [-0.05, 0) is 31.1 Å². The van der Waals surface area contributed by atoms with Gasteiger partial charge in [-0.2, -0.15) is 0 Å². The summed E-state index contributed by atoms with van der Waals surface area (Å²) >= 11 is 0. The average Bonchev–Trinajstić information content (AvgIpc) is 2.69. The molecule has 3 N–H and O–H groups in total. The Labute approximate surface area is 94.3 Å². The first kappa shape index (κ1) is 10.3. The third kappa shape index (κ3) is 1.88. The molecule has 0 aromatic carbocycles. The monoisotopic (exact) mass is 227 g/mol. The van der Waals surface area contributed by atoms with Crippen LogP contribution in [0, 0.1) is 11.8 Å². The van der Waals surface area contributed by atoms with Crippen LogP contribution in [0.25, 0.3) is 0 Å². The molecule has 3 rings (SSSR count). The molecule has 3 unspecified atom stereocenters. The van der Waals surface area contributed by atoms with Gasteiger partial charge in [-0.3, -0.25) is 0 Å². The minimum atomic E-state index is -0.727. The number of rotatable bonds is 2. The maximum Gasteiger partial charge on any atom is 0.315 e. The third-order valence-corrected chi connectivity index (χ3v) is 4.09. The van der Waals surface area contributed by atoms with Gasteiger partial charge in [0.2, 0.25) is 0 Å². The number of halogens is 1. The van der Waals surface area contributed by atoms with Crippen LogP contribution in [0.4, 0.5) is 9.18 Å². The first-order chi connectivity index (χ1) is 7.74. The second-order valence-electron chi connectivity index (χ2n) is 5.24. The van der Waals surface area contributed by atoms with E-state index in [0.29, 0.717) is 30.7 Å². The molecule has 2 aliphatic carbocycles. The molecule has 5 atom stereocenters. The summed E-state index contributed by atoms with van der Waals surface area (Å²) in [5.41, 5.74) is 0. The van der Waals surface area contributed by atoms with Crippen molar-refractivity contribution in [2.24, 2.45) is 11.8 Å². The smallest absolute Gasteiger partial charge is 0.315 e. The minimum Gasteiger partial charge on any atom is -0.335 e. The van der Waals surface area contributed by atoms with Gasteiger partial charge in [0.25, 0.3) is 0 Å². The largest absolute Gasteiger partial charge is 0.335 e. The van der Waals surface area contributed by atoms with Crippen molar-refractivity contribution in [3.05, 3.63) is 0 Å². The number of piperidine rings is 1. The second kappa shape index (κ2) is 3.87. The molecule has 0 aromatic heterocycles. The van der Waals surface area contributed by atoms with Crippen LogP contribution < -0.4 is 16.0 Å². The molecule has 1 heterocycles. The molecule has 0 radical (unpaired) electrons. The lowest BCUT2D eigenvalue weighted by Gasteiger charge is -2.14. The molecule has 3 aliphatic rings. The Balaban J connectivity index is 1.41. The van der Waals surface area contributed by atoms with Crippen LogP contribution in [0.3, 0.4) is 0 Å². The highest BCUT2D eigenvalue weighted by Crippen LogP contribution is 2.41. The van der Waals surface area contributed by atoms with E-state index in [9.17, 15) is 9.18 Å². The van der Waals surface area contributed by atoms with E-state index in [1.54, 1.807) is 0 Å². The molecule has 2 amide bonds. The number of urea groups is 1. The lowest BCUT2D eigenvalue weighted by molar-refractivity contribution is 0.234. The van der Waals surface area contributed by atoms with E-state index in [-0.39, 0.29) is 12.1 Å². The fraction of sp³-hybridized carbons (Fsp3) is 0.909. The van der Waals surface area contributed by atoms with E-state index in [0.717, 1.165) is 19.5 Å². The van der Waals surface area contributed by atoms with Crippen molar-refractivity contribution in [1.82, 2.24) is 16.0 Å². The maximum absolute atomic E-state index is 12.9. The number of hydrogen-bond donors (Lipinski definition) is 3. The quantitative estimate of drug-likeness (QED) is 0.639. The molecule has 0 aromatic rings. The summed E-state index contributed by atoms with van der Waals surface area (Å²) < 4.78 is 12.9. The molecule has 1 saturated heterocycles. The van der Waals surface area contributed by atoms with Crippen molar-refractivity contribution in [2.45, 2.75) is 37.5 Å². The highest BCUT2D eigenvalue weighted by atomic mass is 19.1. The van der Waals surface area contributed by atoms with E-state index in [1.807, 2.05) is 0 Å². The molecular weight excluding hydrogens is 209 g/mol. The van der Waals surface area contributed by atoms with Gasteiger partial charge in [0.15, 0.2) is 0 Å². The standard InChI is InChI=1S/C11H18FN3O/c12-6-1-2-7(3-6)14-11(16)15-10-8-4-13-5-9(8)10/h6-10,13H,1-5H2,(H2,14,15,16)/t6?,7?,8-,9+,10?. The van der Waals surface area contributed by atoms with Crippen molar-refractivity contribution >= 4 is 6.03 Å². The number of hydrogen-bond acceptors (Lipinski definition) is 2. The molecule has 0 bridgehead atoms.